The quantitative estimate of drug-likeness (QED) is 0.438. The van der Waals surface area contributed by atoms with Crippen LogP contribution in [-0.4, -0.2) is 42.6 Å². The van der Waals surface area contributed by atoms with Crippen LogP contribution in [0, 0.1) is 0 Å². The van der Waals surface area contributed by atoms with E-state index in [0.29, 0.717) is 6.04 Å². The van der Waals surface area contributed by atoms with Gasteiger partial charge in [-0.05, 0) is 45.7 Å². The molecule has 130 valence electrons. The van der Waals surface area contributed by atoms with Crippen LogP contribution in [0.2, 0.25) is 0 Å². The lowest BCUT2D eigenvalue weighted by Gasteiger charge is -2.28. The molecular weight excluding hydrogens is 399 g/mol. The zero-order valence-electron chi connectivity index (χ0n) is 14.8. The number of guanidine groups is 1. The predicted molar refractivity (Wildman–Crippen MR) is 110 cm³/mol. The van der Waals surface area contributed by atoms with Gasteiger partial charge in [-0.25, -0.2) is 0 Å². The first kappa shape index (κ1) is 20.2. The number of hydrogen-bond donors (Lipinski definition) is 2. The third kappa shape index (κ3) is 7.08. The summed E-state index contributed by atoms with van der Waals surface area (Å²) in [5.74, 6) is 0.888. The Hall–Kier alpha value is -0.820. The molecule has 5 heteroatoms. The van der Waals surface area contributed by atoms with Gasteiger partial charge in [-0.3, -0.25) is 9.89 Å². The maximum Gasteiger partial charge on any atom is 0.191 e. The summed E-state index contributed by atoms with van der Waals surface area (Å²) in [6.45, 7) is 9.62. The molecule has 1 aromatic rings. The molecule has 1 aromatic carbocycles. The Morgan fingerprint density at radius 3 is 2.57 bits per heavy atom. The summed E-state index contributed by atoms with van der Waals surface area (Å²) in [4.78, 5) is 6.90. The van der Waals surface area contributed by atoms with Gasteiger partial charge in [-0.1, -0.05) is 30.3 Å². The molecule has 0 aromatic heterocycles. The highest BCUT2D eigenvalue weighted by Crippen LogP contribution is 2.19. The number of nitrogens with one attached hydrogen (secondary N) is 2. The number of aliphatic imine (C=N–C) groups is 1. The van der Waals surface area contributed by atoms with Crippen molar-refractivity contribution in [3.05, 3.63) is 35.9 Å². The second-order valence-electron chi connectivity index (χ2n) is 7.08. The summed E-state index contributed by atoms with van der Waals surface area (Å²) < 4.78 is 0. The van der Waals surface area contributed by atoms with Crippen LogP contribution in [0.25, 0.3) is 0 Å². The maximum absolute atomic E-state index is 4.32. The van der Waals surface area contributed by atoms with Gasteiger partial charge < -0.3 is 10.6 Å². The average Bonchev–Trinajstić information content (AvgIpc) is 2.90. The van der Waals surface area contributed by atoms with Crippen LogP contribution >= 0.6 is 24.0 Å². The molecule has 0 radical (unpaired) electrons. The normalized spacial score (nSPS) is 19.3. The van der Waals surface area contributed by atoms with Gasteiger partial charge in [0.1, 0.15) is 0 Å². The van der Waals surface area contributed by atoms with Gasteiger partial charge in [0.05, 0.1) is 0 Å². The monoisotopic (exact) mass is 430 g/mol. The van der Waals surface area contributed by atoms with Crippen LogP contribution in [0.4, 0.5) is 0 Å². The number of rotatable bonds is 4. The summed E-state index contributed by atoms with van der Waals surface area (Å²) in [5, 5.41) is 6.90. The minimum atomic E-state index is 0. The lowest BCUT2D eigenvalue weighted by atomic mass is 10.1. The summed E-state index contributed by atoms with van der Waals surface area (Å²) >= 11 is 0. The summed E-state index contributed by atoms with van der Waals surface area (Å²) in [6, 6.07) is 11.3. The van der Waals surface area contributed by atoms with Crippen LogP contribution in [0.1, 0.15) is 39.2 Å². The van der Waals surface area contributed by atoms with E-state index in [9.17, 15) is 0 Å². The molecule has 1 unspecified atom stereocenters. The lowest BCUT2D eigenvalue weighted by molar-refractivity contribution is 0.245. The van der Waals surface area contributed by atoms with Gasteiger partial charge in [0, 0.05) is 31.7 Å². The first-order chi connectivity index (χ1) is 10.5. The molecule has 2 rings (SSSR count). The highest BCUT2D eigenvalue weighted by atomic mass is 127. The zero-order valence-corrected chi connectivity index (χ0v) is 17.1. The third-order valence-corrected chi connectivity index (χ3v) is 3.95. The van der Waals surface area contributed by atoms with Crippen LogP contribution in [-0.2, 0) is 6.54 Å². The van der Waals surface area contributed by atoms with Crippen molar-refractivity contribution < 1.29 is 0 Å². The zero-order chi connectivity index (χ0) is 16.0. The van der Waals surface area contributed by atoms with Crippen molar-refractivity contribution in [2.24, 2.45) is 4.99 Å². The largest absolute Gasteiger partial charge is 0.355 e. The number of benzene rings is 1. The fraction of sp³-hybridized carbons (Fsp3) is 0.611. The van der Waals surface area contributed by atoms with E-state index in [2.05, 4.69) is 71.6 Å². The van der Waals surface area contributed by atoms with E-state index in [1.807, 2.05) is 7.05 Å². The molecule has 0 bridgehead atoms. The highest BCUT2D eigenvalue weighted by molar-refractivity contribution is 14.0. The number of likely N-dealkylation sites (tertiary alicyclic amines) is 1. The van der Waals surface area contributed by atoms with E-state index in [0.717, 1.165) is 19.0 Å². The first-order valence-electron chi connectivity index (χ1n) is 8.25. The highest BCUT2D eigenvalue weighted by Gasteiger charge is 2.24. The van der Waals surface area contributed by atoms with E-state index in [4.69, 9.17) is 0 Å². The lowest BCUT2D eigenvalue weighted by Crippen LogP contribution is -2.50. The van der Waals surface area contributed by atoms with Gasteiger partial charge in [0.15, 0.2) is 5.96 Å². The molecular formula is C18H31IN4. The second-order valence-corrected chi connectivity index (χ2v) is 7.08. The van der Waals surface area contributed by atoms with Crippen molar-refractivity contribution in [2.75, 3.05) is 20.1 Å². The van der Waals surface area contributed by atoms with E-state index >= 15 is 0 Å². The van der Waals surface area contributed by atoms with Gasteiger partial charge >= 0.3 is 0 Å². The van der Waals surface area contributed by atoms with Crippen molar-refractivity contribution >= 4 is 29.9 Å². The molecule has 1 atom stereocenters. The molecule has 4 nitrogen and oxygen atoms in total. The molecule has 0 spiro atoms. The maximum atomic E-state index is 4.32. The van der Waals surface area contributed by atoms with Gasteiger partial charge in [0.2, 0.25) is 0 Å². The van der Waals surface area contributed by atoms with E-state index in [-0.39, 0.29) is 29.5 Å². The molecule has 23 heavy (non-hydrogen) atoms. The topological polar surface area (TPSA) is 39.7 Å². The second kappa shape index (κ2) is 9.47. The molecule has 0 saturated carbocycles. The first-order valence-corrected chi connectivity index (χ1v) is 8.25. The average molecular weight is 430 g/mol. The van der Waals surface area contributed by atoms with Crippen molar-refractivity contribution in [2.45, 2.75) is 51.7 Å². The van der Waals surface area contributed by atoms with Gasteiger partial charge in [-0.2, -0.15) is 0 Å². The van der Waals surface area contributed by atoms with Crippen molar-refractivity contribution in [3.63, 3.8) is 0 Å². The Balaban J connectivity index is 0.00000264. The molecule has 1 aliphatic heterocycles. The van der Waals surface area contributed by atoms with Crippen molar-refractivity contribution in [1.82, 2.24) is 15.5 Å². The van der Waals surface area contributed by atoms with E-state index < -0.39 is 0 Å². The van der Waals surface area contributed by atoms with Crippen LogP contribution in [0.15, 0.2) is 35.3 Å². The Morgan fingerprint density at radius 1 is 1.26 bits per heavy atom. The molecule has 2 N–H and O–H groups in total. The molecule has 1 saturated heterocycles. The van der Waals surface area contributed by atoms with Crippen LogP contribution in [0.5, 0.6) is 0 Å². The van der Waals surface area contributed by atoms with Crippen LogP contribution < -0.4 is 10.6 Å². The molecule has 1 heterocycles. The smallest absolute Gasteiger partial charge is 0.191 e. The fourth-order valence-corrected chi connectivity index (χ4v) is 2.90. The molecule has 1 aliphatic rings. The third-order valence-electron chi connectivity index (χ3n) is 3.95. The van der Waals surface area contributed by atoms with Crippen molar-refractivity contribution in [1.29, 1.82) is 0 Å². The summed E-state index contributed by atoms with van der Waals surface area (Å²) in [5.41, 5.74) is 1.42. The summed E-state index contributed by atoms with van der Waals surface area (Å²) in [6.07, 6.45) is 2.54. The number of nitrogens with zero attached hydrogens (tertiary/aromatic N) is 2. The molecule has 0 aliphatic carbocycles. The standard InChI is InChI=1S/C18H30N4.HI/c1-18(2,3)21-17(19-4)20-13-16-11-8-12-22(16)14-15-9-6-5-7-10-15;/h5-7,9-10,16H,8,11-14H2,1-4H3,(H2,19,20,21);1H. The minimum absolute atomic E-state index is 0. The van der Waals surface area contributed by atoms with Crippen molar-refractivity contribution in [3.8, 4) is 0 Å². The Bertz CT molecular complexity index is 482. The number of halogens is 1. The van der Waals surface area contributed by atoms with E-state index in [1.54, 1.807) is 0 Å². The van der Waals surface area contributed by atoms with E-state index in [1.165, 1.54) is 24.9 Å². The van der Waals surface area contributed by atoms with Crippen LogP contribution in [0.3, 0.4) is 0 Å². The van der Waals surface area contributed by atoms with Gasteiger partial charge in [-0.15, -0.1) is 24.0 Å². The molecule has 1 fully saturated rings. The summed E-state index contributed by atoms with van der Waals surface area (Å²) in [7, 11) is 1.83. The minimum Gasteiger partial charge on any atom is -0.355 e. The Morgan fingerprint density at radius 2 is 1.96 bits per heavy atom. The fourth-order valence-electron chi connectivity index (χ4n) is 2.90. The SMILES string of the molecule is CN=C(NCC1CCCN1Cc1ccccc1)NC(C)(C)C.I. The predicted octanol–water partition coefficient (Wildman–Crippen LogP) is 3.23. The number of hydrogen-bond acceptors (Lipinski definition) is 2. The van der Waals surface area contributed by atoms with Gasteiger partial charge in [0.25, 0.3) is 0 Å². The molecule has 0 amide bonds. The Labute approximate surface area is 158 Å². The Kier molecular flexibility index (Phi) is 8.33.